The van der Waals surface area contributed by atoms with E-state index in [1.807, 2.05) is 6.92 Å². The van der Waals surface area contributed by atoms with Gasteiger partial charge in [0.15, 0.2) is 5.78 Å². The zero-order valence-corrected chi connectivity index (χ0v) is 9.95. The van der Waals surface area contributed by atoms with Crippen molar-refractivity contribution in [1.82, 2.24) is 5.32 Å². The van der Waals surface area contributed by atoms with Crippen LogP contribution in [0.15, 0.2) is 11.3 Å². The van der Waals surface area contributed by atoms with Crippen molar-refractivity contribution in [2.75, 3.05) is 0 Å². The molecule has 2 N–H and O–H groups in total. The highest BCUT2D eigenvalue weighted by atomic mass is 16.3. The summed E-state index contributed by atoms with van der Waals surface area (Å²) in [4.78, 5) is 24.1. The maximum Gasteiger partial charge on any atom is 0.224 e. The smallest absolute Gasteiger partial charge is 0.224 e. The second-order valence-electron chi connectivity index (χ2n) is 5.57. The predicted octanol–water partition coefficient (Wildman–Crippen LogP) is 1.47. The first-order valence-corrected chi connectivity index (χ1v) is 6.31. The Kier molecular flexibility index (Phi) is 2.12. The van der Waals surface area contributed by atoms with Crippen LogP contribution in [0.4, 0.5) is 0 Å². The van der Waals surface area contributed by atoms with Gasteiger partial charge in [0.1, 0.15) is 0 Å². The standard InChI is InChI=1S/C13H17NO3/c1-13-7-3-2-4-8(15)11(13)9(16)5-6-10(13)14-12(7)17/h7,10,15H,2-6H2,1H3,(H,14,17)/t7-,10-,13-/m1/s1. The Hall–Kier alpha value is -1.32. The zero-order chi connectivity index (χ0) is 12.2. The van der Waals surface area contributed by atoms with Crippen LogP contribution < -0.4 is 5.32 Å². The molecule has 0 unspecified atom stereocenters. The lowest BCUT2D eigenvalue weighted by atomic mass is 9.63. The van der Waals surface area contributed by atoms with Crippen LogP contribution in [-0.2, 0) is 9.59 Å². The van der Waals surface area contributed by atoms with E-state index in [9.17, 15) is 14.7 Å². The molecule has 1 amide bonds. The quantitative estimate of drug-likeness (QED) is 0.668. The van der Waals surface area contributed by atoms with Crippen molar-refractivity contribution in [3.8, 4) is 0 Å². The summed E-state index contributed by atoms with van der Waals surface area (Å²) in [5.41, 5.74) is 0.0575. The number of hydrogen-bond donors (Lipinski definition) is 2. The highest BCUT2D eigenvalue weighted by molar-refractivity contribution is 6.01. The lowest BCUT2D eigenvalue weighted by molar-refractivity contribution is -0.123. The van der Waals surface area contributed by atoms with Crippen LogP contribution in [0.3, 0.4) is 0 Å². The zero-order valence-electron chi connectivity index (χ0n) is 9.95. The number of allylic oxidation sites excluding steroid dienone is 1. The molecule has 3 atom stereocenters. The lowest BCUT2D eigenvalue weighted by Crippen LogP contribution is -2.45. The topological polar surface area (TPSA) is 66.4 Å². The van der Waals surface area contributed by atoms with Crippen molar-refractivity contribution < 1.29 is 14.7 Å². The molecule has 3 aliphatic rings. The molecule has 2 aliphatic carbocycles. The molecular formula is C13H17NO3. The number of nitrogens with one attached hydrogen (secondary N) is 1. The highest BCUT2D eigenvalue weighted by Crippen LogP contribution is 2.53. The van der Waals surface area contributed by atoms with Crippen LogP contribution in [-0.4, -0.2) is 22.8 Å². The minimum Gasteiger partial charge on any atom is -0.512 e. The third-order valence-electron chi connectivity index (χ3n) is 4.75. The molecule has 2 fully saturated rings. The summed E-state index contributed by atoms with van der Waals surface area (Å²) in [5.74, 6) is 0.168. The maximum atomic E-state index is 12.1. The van der Waals surface area contributed by atoms with E-state index in [0.29, 0.717) is 24.8 Å². The molecule has 0 radical (unpaired) electrons. The molecule has 1 aliphatic heterocycles. The summed E-state index contributed by atoms with van der Waals surface area (Å²) in [7, 11) is 0. The monoisotopic (exact) mass is 235 g/mol. The van der Waals surface area contributed by atoms with Crippen LogP contribution in [0.1, 0.15) is 39.0 Å². The van der Waals surface area contributed by atoms with Crippen molar-refractivity contribution in [2.24, 2.45) is 11.3 Å². The lowest BCUT2D eigenvalue weighted by Gasteiger charge is -2.39. The van der Waals surface area contributed by atoms with Crippen molar-refractivity contribution in [3.05, 3.63) is 11.3 Å². The van der Waals surface area contributed by atoms with Gasteiger partial charge in [0.2, 0.25) is 5.91 Å². The van der Waals surface area contributed by atoms with Gasteiger partial charge in [-0.2, -0.15) is 0 Å². The summed E-state index contributed by atoms with van der Waals surface area (Å²) in [6.45, 7) is 1.97. The van der Waals surface area contributed by atoms with Crippen LogP contribution >= 0.6 is 0 Å². The van der Waals surface area contributed by atoms with E-state index in [2.05, 4.69) is 5.32 Å². The van der Waals surface area contributed by atoms with Crippen LogP contribution in [0, 0.1) is 11.3 Å². The molecule has 3 rings (SSSR count). The Morgan fingerprint density at radius 1 is 1.29 bits per heavy atom. The number of carbonyl (C=O) groups excluding carboxylic acids is 2. The Morgan fingerprint density at radius 2 is 2.06 bits per heavy atom. The summed E-state index contributed by atoms with van der Waals surface area (Å²) < 4.78 is 0. The van der Waals surface area contributed by atoms with E-state index < -0.39 is 5.41 Å². The van der Waals surface area contributed by atoms with Gasteiger partial charge in [0, 0.05) is 35.8 Å². The van der Waals surface area contributed by atoms with Gasteiger partial charge in [-0.3, -0.25) is 9.59 Å². The van der Waals surface area contributed by atoms with E-state index >= 15 is 0 Å². The molecule has 0 aromatic heterocycles. The molecule has 92 valence electrons. The second kappa shape index (κ2) is 3.34. The fourth-order valence-electron chi connectivity index (χ4n) is 3.86. The first-order valence-electron chi connectivity index (χ1n) is 6.31. The van der Waals surface area contributed by atoms with Crippen molar-refractivity contribution in [2.45, 2.75) is 45.1 Å². The SMILES string of the molecule is C[C@@]12C3=C(O)CCC[C@@H]1C(=O)N[C@@H]2CCC3=O. The molecule has 0 aromatic carbocycles. The number of carbonyl (C=O) groups is 2. The van der Waals surface area contributed by atoms with Gasteiger partial charge in [-0.15, -0.1) is 0 Å². The Bertz CT molecular complexity index is 440. The molecule has 1 saturated heterocycles. The van der Waals surface area contributed by atoms with Gasteiger partial charge in [-0.05, 0) is 19.3 Å². The minimum absolute atomic E-state index is 0.0212. The van der Waals surface area contributed by atoms with Gasteiger partial charge < -0.3 is 10.4 Å². The van der Waals surface area contributed by atoms with E-state index in [1.54, 1.807) is 0 Å². The second-order valence-corrected chi connectivity index (χ2v) is 5.57. The van der Waals surface area contributed by atoms with Crippen molar-refractivity contribution >= 4 is 11.7 Å². The highest BCUT2D eigenvalue weighted by Gasteiger charge is 2.58. The summed E-state index contributed by atoms with van der Waals surface area (Å²) in [5, 5.41) is 13.1. The van der Waals surface area contributed by atoms with Gasteiger partial charge in [0.05, 0.1) is 5.76 Å². The summed E-state index contributed by atoms with van der Waals surface area (Å²) in [6.07, 6.45) is 3.22. The fraction of sp³-hybridized carbons (Fsp3) is 0.692. The average molecular weight is 235 g/mol. The Labute approximate surface area is 100 Å². The van der Waals surface area contributed by atoms with Gasteiger partial charge >= 0.3 is 0 Å². The van der Waals surface area contributed by atoms with Gasteiger partial charge in [0.25, 0.3) is 0 Å². The van der Waals surface area contributed by atoms with Gasteiger partial charge in [-0.25, -0.2) is 0 Å². The van der Waals surface area contributed by atoms with Gasteiger partial charge in [-0.1, -0.05) is 6.92 Å². The van der Waals surface area contributed by atoms with Crippen LogP contribution in [0.2, 0.25) is 0 Å². The van der Waals surface area contributed by atoms with E-state index in [-0.39, 0.29) is 29.4 Å². The Morgan fingerprint density at radius 3 is 2.82 bits per heavy atom. The number of Topliss-reactive ketones (excluding diaryl/α,β-unsaturated/α-hetero) is 1. The number of ketones is 1. The number of rotatable bonds is 0. The number of amides is 1. The van der Waals surface area contributed by atoms with Crippen LogP contribution in [0.25, 0.3) is 0 Å². The molecule has 17 heavy (non-hydrogen) atoms. The average Bonchev–Trinajstić information content (AvgIpc) is 2.42. The number of aliphatic hydroxyl groups is 1. The molecule has 0 aromatic rings. The van der Waals surface area contributed by atoms with Crippen molar-refractivity contribution in [1.29, 1.82) is 0 Å². The first kappa shape index (κ1) is 10.8. The number of hydrogen-bond acceptors (Lipinski definition) is 3. The molecule has 1 heterocycles. The van der Waals surface area contributed by atoms with E-state index in [4.69, 9.17) is 0 Å². The maximum absolute atomic E-state index is 12.1. The molecule has 0 bridgehead atoms. The normalized spacial score (nSPS) is 41.0. The molecule has 4 heteroatoms. The third-order valence-corrected chi connectivity index (χ3v) is 4.75. The minimum atomic E-state index is -0.479. The Balaban J connectivity index is 2.19. The van der Waals surface area contributed by atoms with E-state index in [1.165, 1.54) is 0 Å². The molecular weight excluding hydrogens is 218 g/mol. The summed E-state index contributed by atoms with van der Waals surface area (Å²) >= 11 is 0. The van der Waals surface area contributed by atoms with Crippen molar-refractivity contribution in [3.63, 3.8) is 0 Å². The largest absolute Gasteiger partial charge is 0.512 e. The summed E-state index contributed by atoms with van der Waals surface area (Å²) in [6, 6.07) is 0.0212. The fourth-order valence-corrected chi connectivity index (χ4v) is 3.86. The third kappa shape index (κ3) is 1.24. The van der Waals surface area contributed by atoms with Crippen LogP contribution in [0.5, 0.6) is 0 Å². The predicted molar refractivity (Wildman–Crippen MR) is 61.3 cm³/mol. The number of aliphatic hydroxyl groups excluding tert-OH is 1. The molecule has 4 nitrogen and oxygen atoms in total. The van der Waals surface area contributed by atoms with E-state index in [0.717, 1.165) is 12.8 Å². The molecule has 1 saturated carbocycles. The molecule has 0 spiro atoms. The first-order chi connectivity index (χ1) is 8.05.